The van der Waals surface area contributed by atoms with E-state index in [1.807, 2.05) is 0 Å². The standard InChI is InChI=1S/C24H23N3O3/c1-3-17-5-4-6-21(15-17)25-22(28)16-27(2)23(29)14-9-18-7-10-19(11-8-18)24(30)26-20-12-13-20/h1,4-11,14-15,20H,12-13,16H2,2H3,(H,25,28)(H,26,30)/b14-9+. The fraction of sp³-hybridized carbons (Fsp3) is 0.208. The molecule has 0 aromatic heterocycles. The Morgan fingerprint density at radius 3 is 2.57 bits per heavy atom. The van der Waals surface area contributed by atoms with Gasteiger partial charge in [0.05, 0.1) is 6.54 Å². The highest BCUT2D eigenvalue weighted by atomic mass is 16.2. The van der Waals surface area contributed by atoms with E-state index < -0.39 is 0 Å². The molecule has 0 bridgehead atoms. The SMILES string of the molecule is C#Cc1cccc(NC(=O)CN(C)C(=O)/C=C/c2ccc(C(=O)NC3CC3)cc2)c1. The van der Waals surface area contributed by atoms with E-state index in [2.05, 4.69) is 16.6 Å². The first-order valence-electron chi connectivity index (χ1n) is 9.65. The first kappa shape index (κ1) is 20.9. The highest BCUT2D eigenvalue weighted by Crippen LogP contribution is 2.19. The second-order valence-corrected chi connectivity index (χ2v) is 7.17. The van der Waals surface area contributed by atoms with Crippen LogP contribution in [0.25, 0.3) is 6.08 Å². The molecule has 1 saturated carbocycles. The van der Waals surface area contributed by atoms with Crippen LogP contribution in [0.15, 0.2) is 54.6 Å². The van der Waals surface area contributed by atoms with Crippen molar-refractivity contribution in [2.45, 2.75) is 18.9 Å². The van der Waals surface area contributed by atoms with Gasteiger partial charge in [-0.2, -0.15) is 0 Å². The van der Waals surface area contributed by atoms with Gasteiger partial charge in [-0.15, -0.1) is 6.42 Å². The zero-order valence-corrected chi connectivity index (χ0v) is 16.7. The Morgan fingerprint density at radius 2 is 1.90 bits per heavy atom. The normalized spacial score (nSPS) is 12.8. The van der Waals surface area contributed by atoms with Crippen molar-refractivity contribution in [3.05, 3.63) is 71.3 Å². The van der Waals surface area contributed by atoms with Crippen LogP contribution in [-0.2, 0) is 9.59 Å². The van der Waals surface area contributed by atoms with E-state index in [0.29, 0.717) is 22.9 Å². The number of rotatable bonds is 7. The Labute approximate surface area is 176 Å². The van der Waals surface area contributed by atoms with Crippen LogP contribution in [-0.4, -0.2) is 42.3 Å². The van der Waals surface area contributed by atoms with Gasteiger partial charge in [0.1, 0.15) is 0 Å². The van der Waals surface area contributed by atoms with E-state index in [-0.39, 0.29) is 24.3 Å². The number of hydrogen-bond acceptors (Lipinski definition) is 3. The van der Waals surface area contributed by atoms with Crippen molar-refractivity contribution < 1.29 is 14.4 Å². The second-order valence-electron chi connectivity index (χ2n) is 7.17. The Kier molecular flexibility index (Phi) is 6.66. The van der Waals surface area contributed by atoms with Crippen LogP contribution in [0.2, 0.25) is 0 Å². The van der Waals surface area contributed by atoms with Crippen LogP contribution in [0.5, 0.6) is 0 Å². The maximum Gasteiger partial charge on any atom is 0.251 e. The molecule has 6 nitrogen and oxygen atoms in total. The molecule has 3 amide bonds. The number of carbonyl (C=O) groups excluding carboxylic acids is 3. The highest BCUT2D eigenvalue weighted by Gasteiger charge is 2.23. The number of nitrogens with one attached hydrogen (secondary N) is 2. The summed E-state index contributed by atoms with van der Waals surface area (Å²) in [5, 5.41) is 5.65. The first-order valence-corrected chi connectivity index (χ1v) is 9.65. The number of terminal acetylenes is 1. The van der Waals surface area contributed by atoms with Crippen molar-refractivity contribution in [1.82, 2.24) is 10.2 Å². The van der Waals surface area contributed by atoms with E-state index in [0.717, 1.165) is 18.4 Å². The van der Waals surface area contributed by atoms with E-state index in [1.165, 1.54) is 11.0 Å². The van der Waals surface area contributed by atoms with Crippen molar-refractivity contribution in [3.63, 3.8) is 0 Å². The third-order valence-electron chi connectivity index (χ3n) is 4.57. The number of anilines is 1. The molecule has 0 spiro atoms. The molecule has 152 valence electrons. The molecule has 0 heterocycles. The number of benzene rings is 2. The van der Waals surface area contributed by atoms with E-state index >= 15 is 0 Å². The minimum atomic E-state index is -0.320. The van der Waals surface area contributed by atoms with Crippen LogP contribution in [0, 0.1) is 12.3 Å². The quantitative estimate of drug-likeness (QED) is 0.553. The fourth-order valence-electron chi connectivity index (χ4n) is 2.72. The predicted molar refractivity (Wildman–Crippen MR) is 117 cm³/mol. The van der Waals surface area contributed by atoms with E-state index in [1.54, 1.807) is 61.7 Å². The van der Waals surface area contributed by atoms with Crippen LogP contribution < -0.4 is 10.6 Å². The summed E-state index contributed by atoms with van der Waals surface area (Å²) >= 11 is 0. The monoisotopic (exact) mass is 401 g/mol. The molecule has 0 saturated heterocycles. The summed E-state index contributed by atoms with van der Waals surface area (Å²) in [4.78, 5) is 37.7. The summed E-state index contributed by atoms with van der Waals surface area (Å²) in [6.07, 6.45) is 10.5. The smallest absolute Gasteiger partial charge is 0.251 e. The van der Waals surface area contributed by atoms with Crippen LogP contribution in [0.1, 0.15) is 34.3 Å². The molecule has 2 N–H and O–H groups in total. The van der Waals surface area contributed by atoms with Gasteiger partial charge < -0.3 is 15.5 Å². The fourth-order valence-corrected chi connectivity index (χ4v) is 2.72. The van der Waals surface area contributed by atoms with Gasteiger partial charge in [0.25, 0.3) is 5.91 Å². The predicted octanol–water partition coefficient (Wildman–Crippen LogP) is 2.67. The van der Waals surface area contributed by atoms with Crippen molar-refractivity contribution in [1.29, 1.82) is 0 Å². The van der Waals surface area contributed by atoms with Gasteiger partial charge in [0.2, 0.25) is 11.8 Å². The van der Waals surface area contributed by atoms with Gasteiger partial charge >= 0.3 is 0 Å². The first-order chi connectivity index (χ1) is 14.4. The van der Waals surface area contributed by atoms with E-state index in [4.69, 9.17) is 6.42 Å². The minimum absolute atomic E-state index is 0.0809. The number of hydrogen-bond donors (Lipinski definition) is 2. The van der Waals surface area contributed by atoms with Gasteiger partial charge in [-0.05, 0) is 54.8 Å². The molecule has 2 aromatic carbocycles. The van der Waals surface area contributed by atoms with Crippen LogP contribution >= 0.6 is 0 Å². The number of amides is 3. The van der Waals surface area contributed by atoms with Crippen molar-refractivity contribution in [3.8, 4) is 12.3 Å². The second kappa shape index (κ2) is 9.57. The maximum atomic E-state index is 12.3. The molecule has 3 rings (SSSR count). The molecule has 0 unspecified atom stereocenters. The molecule has 0 radical (unpaired) electrons. The maximum absolute atomic E-state index is 12.3. The van der Waals surface area contributed by atoms with Crippen molar-refractivity contribution in [2.75, 3.05) is 18.9 Å². The van der Waals surface area contributed by atoms with Crippen molar-refractivity contribution in [2.24, 2.45) is 0 Å². The van der Waals surface area contributed by atoms with Gasteiger partial charge in [0, 0.05) is 36.0 Å². The summed E-state index contributed by atoms with van der Waals surface area (Å²) < 4.78 is 0. The lowest BCUT2D eigenvalue weighted by molar-refractivity contribution is -0.129. The summed E-state index contributed by atoms with van der Waals surface area (Å²) in [5.41, 5.74) is 2.62. The zero-order valence-electron chi connectivity index (χ0n) is 16.7. The highest BCUT2D eigenvalue weighted by molar-refractivity contribution is 5.98. The summed E-state index contributed by atoms with van der Waals surface area (Å²) in [6.45, 7) is -0.0935. The van der Waals surface area contributed by atoms with Gasteiger partial charge in [-0.1, -0.05) is 24.1 Å². The molecule has 6 heteroatoms. The zero-order chi connectivity index (χ0) is 21.5. The lowest BCUT2D eigenvalue weighted by atomic mass is 10.1. The lowest BCUT2D eigenvalue weighted by Crippen LogP contribution is -2.33. The Bertz CT molecular complexity index is 1010. The average molecular weight is 401 g/mol. The summed E-state index contributed by atoms with van der Waals surface area (Å²) in [5.74, 6) is 1.80. The molecule has 2 aromatic rings. The largest absolute Gasteiger partial charge is 0.349 e. The molecule has 1 aliphatic carbocycles. The number of carbonyl (C=O) groups is 3. The molecule has 1 fully saturated rings. The molecule has 0 aliphatic heterocycles. The Hall–Kier alpha value is -3.85. The number of nitrogens with zero attached hydrogens (tertiary/aromatic N) is 1. The average Bonchev–Trinajstić information content (AvgIpc) is 3.56. The number of likely N-dealkylation sites (N-methyl/N-ethyl adjacent to an activating group) is 1. The molecule has 0 atom stereocenters. The lowest BCUT2D eigenvalue weighted by Gasteiger charge is -2.15. The van der Waals surface area contributed by atoms with Crippen molar-refractivity contribution >= 4 is 29.5 Å². The third-order valence-corrected chi connectivity index (χ3v) is 4.57. The minimum Gasteiger partial charge on any atom is -0.349 e. The van der Waals surface area contributed by atoms with Gasteiger partial charge in [0.15, 0.2) is 0 Å². The summed E-state index contributed by atoms with van der Waals surface area (Å²) in [7, 11) is 1.55. The topological polar surface area (TPSA) is 78.5 Å². The molecular formula is C24H23N3O3. The molecule has 1 aliphatic rings. The third kappa shape index (κ3) is 6.08. The van der Waals surface area contributed by atoms with Gasteiger partial charge in [-0.3, -0.25) is 14.4 Å². The van der Waals surface area contributed by atoms with Crippen LogP contribution in [0.3, 0.4) is 0 Å². The Morgan fingerprint density at radius 1 is 1.17 bits per heavy atom. The van der Waals surface area contributed by atoms with Crippen LogP contribution in [0.4, 0.5) is 5.69 Å². The van der Waals surface area contributed by atoms with E-state index in [9.17, 15) is 14.4 Å². The summed E-state index contributed by atoms with van der Waals surface area (Å²) in [6, 6.07) is 14.2. The molecular weight excluding hydrogens is 378 g/mol. The molecule has 30 heavy (non-hydrogen) atoms. The van der Waals surface area contributed by atoms with Gasteiger partial charge in [-0.25, -0.2) is 0 Å². The Balaban J connectivity index is 1.50.